The van der Waals surface area contributed by atoms with E-state index in [1.54, 1.807) is 6.07 Å². The Morgan fingerprint density at radius 1 is 1.38 bits per heavy atom. The Kier molecular flexibility index (Phi) is 1.91. The zero-order valence-corrected chi connectivity index (χ0v) is 8.82. The van der Waals surface area contributed by atoms with Crippen LogP contribution in [0.15, 0.2) is 23.6 Å². The minimum atomic E-state index is 0.559. The second-order valence-electron chi connectivity index (χ2n) is 3.19. The van der Waals surface area contributed by atoms with Crippen molar-refractivity contribution in [2.24, 2.45) is 0 Å². The maximum absolute atomic E-state index is 8.95. The molecule has 0 saturated carbocycles. The van der Waals surface area contributed by atoms with Crippen LogP contribution in [0.5, 0.6) is 0 Å². The van der Waals surface area contributed by atoms with E-state index in [-0.39, 0.29) is 0 Å². The van der Waals surface area contributed by atoms with Crippen LogP contribution in [0, 0.1) is 11.3 Å². The molecule has 0 aliphatic heterocycles. The van der Waals surface area contributed by atoms with E-state index < -0.39 is 0 Å². The molecule has 0 spiro atoms. The normalized spacial score (nSPS) is 10.4. The third kappa shape index (κ3) is 1.26. The standard InChI is InChI=1S/C10H5N5S/c11-4-6-2-1-3-7-9(6)13-10(12-7)8-5-16-15-14-8/h1-3,5H,(H,12,13). The van der Waals surface area contributed by atoms with Gasteiger partial charge in [-0.2, -0.15) is 5.26 Å². The molecule has 1 aromatic carbocycles. The number of H-pyrrole nitrogens is 1. The first-order valence-electron chi connectivity index (χ1n) is 4.55. The zero-order valence-electron chi connectivity index (χ0n) is 8.01. The van der Waals surface area contributed by atoms with Gasteiger partial charge in [0.1, 0.15) is 17.3 Å². The van der Waals surface area contributed by atoms with E-state index in [2.05, 4.69) is 25.6 Å². The lowest BCUT2D eigenvalue weighted by atomic mass is 10.2. The number of hydrogen-bond donors (Lipinski definition) is 1. The Morgan fingerprint density at radius 3 is 3.06 bits per heavy atom. The molecule has 3 aromatic rings. The third-order valence-electron chi connectivity index (χ3n) is 2.24. The van der Waals surface area contributed by atoms with Crippen LogP contribution in [0.25, 0.3) is 22.6 Å². The van der Waals surface area contributed by atoms with Crippen molar-refractivity contribution in [2.75, 3.05) is 0 Å². The highest BCUT2D eigenvalue weighted by Gasteiger charge is 2.09. The molecule has 76 valence electrons. The molecular weight excluding hydrogens is 222 g/mol. The molecule has 0 radical (unpaired) electrons. The van der Waals surface area contributed by atoms with Gasteiger partial charge in [0.2, 0.25) is 0 Å². The van der Waals surface area contributed by atoms with Crippen LogP contribution in [0.2, 0.25) is 0 Å². The van der Waals surface area contributed by atoms with E-state index in [0.29, 0.717) is 22.6 Å². The van der Waals surface area contributed by atoms with Crippen molar-refractivity contribution < 1.29 is 0 Å². The Labute approximate surface area is 94.5 Å². The number of para-hydroxylation sites is 1. The fourth-order valence-electron chi connectivity index (χ4n) is 1.51. The molecule has 0 unspecified atom stereocenters. The fraction of sp³-hybridized carbons (Fsp3) is 0. The number of aromatic nitrogens is 4. The molecule has 2 heterocycles. The van der Waals surface area contributed by atoms with E-state index in [1.165, 1.54) is 11.5 Å². The van der Waals surface area contributed by atoms with Crippen LogP contribution in [0.1, 0.15) is 5.56 Å². The van der Waals surface area contributed by atoms with E-state index in [4.69, 9.17) is 5.26 Å². The van der Waals surface area contributed by atoms with Gasteiger partial charge in [0.25, 0.3) is 0 Å². The van der Waals surface area contributed by atoms with Gasteiger partial charge in [0.15, 0.2) is 5.82 Å². The van der Waals surface area contributed by atoms with Crippen LogP contribution in [-0.2, 0) is 0 Å². The summed E-state index contributed by atoms with van der Waals surface area (Å²) < 4.78 is 3.78. The highest BCUT2D eigenvalue weighted by molar-refractivity contribution is 7.03. The highest BCUT2D eigenvalue weighted by Crippen LogP contribution is 2.21. The summed E-state index contributed by atoms with van der Waals surface area (Å²) in [7, 11) is 0. The average Bonchev–Trinajstić information content (AvgIpc) is 2.96. The van der Waals surface area contributed by atoms with Crippen LogP contribution in [0.3, 0.4) is 0 Å². The lowest BCUT2D eigenvalue weighted by Crippen LogP contribution is -1.80. The number of nitrogens with one attached hydrogen (secondary N) is 1. The van der Waals surface area contributed by atoms with Crippen molar-refractivity contribution >= 4 is 22.6 Å². The summed E-state index contributed by atoms with van der Waals surface area (Å²) >= 11 is 1.27. The van der Waals surface area contributed by atoms with Gasteiger partial charge >= 0.3 is 0 Å². The van der Waals surface area contributed by atoms with Crippen molar-refractivity contribution in [3.63, 3.8) is 0 Å². The molecule has 0 saturated heterocycles. The Morgan fingerprint density at radius 2 is 2.31 bits per heavy atom. The van der Waals surface area contributed by atoms with Crippen molar-refractivity contribution in [3.05, 3.63) is 29.1 Å². The van der Waals surface area contributed by atoms with Gasteiger partial charge in [0.05, 0.1) is 11.1 Å². The number of rotatable bonds is 1. The topological polar surface area (TPSA) is 78.2 Å². The van der Waals surface area contributed by atoms with E-state index >= 15 is 0 Å². The predicted molar refractivity (Wildman–Crippen MR) is 59.7 cm³/mol. The molecule has 0 aliphatic rings. The maximum Gasteiger partial charge on any atom is 0.160 e. The second kappa shape index (κ2) is 3.40. The average molecular weight is 227 g/mol. The van der Waals surface area contributed by atoms with Gasteiger partial charge < -0.3 is 4.98 Å². The van der Waals surface area contributed by atoms with Gasteiger partial charge in [-0.05, 0) is 23.7 Å². The van der Waals surface area contributed by atoms with Gasteiger partial charge in [0, 0.05) is 5.38 Å². The quantitative estimate of drug-likeness (QED) is 0.689. The summed E-state index contributed by atoms with van der Waals surface area (Å²) in [4.78, 5) is 7.47. The highest BCUT2D eigenvalue weighted by atomic mass is 32.1. The molecule has 3 rings (SSSR count). The molecule has 0 aliphatic carbocycles. The van der Waals surface area contributed by atoms with Crippen LogP contribution >= 0.6 is 11.5 Å². The minimum absolute atomic E-state index is 0.559. The molecular formula is C10H5N5S. The largest absolute Gasteiger partial charge is 0.337 e. The van der Waals surface area contributed by atoms with Gasteiger partial charge in [-0.3, -0.25) is 0 Å². The molecule has 16 heavy (non-hydrogen) atoms. The fourth-order valence-corrected chi connectivity index (χ4v) is 1.95. The van der Waals surface area contributed by atoms with Crippen LogP contribution < -0.4 is 0 Å². The Bertz CT molecular complexity index is 677. The van der Waals surface area contributed by atoms with E-state index in [0.717, 1.165) is 5.52 Å². The Balaban J connectivity index is 2.28. The molecule has 2 aromatic heterocycles. The molecule has 0 atom stereocenters. The van der Waals surface area contributed by atoms with Crippen LogP contribution in [-0.4, -0.2) is 19.6 Å². The number of benzene rings is 1. The molecule has 6 heteroatoms. The summed E-state index contributed by atoms with van der Waals surface area (Å²) in [5, 5.41) is 14.7. The number of imidazole rings is 1. The third-order valence-corrected chi connectivity index (χ3v) is 2.74. The first kappa shape index (κ1) is 9.00. The van der Waals surface area contributed by atoms with E-state index in [9.17, 15) is 0 Å². The summed E-state index contributed by atoms with van der Waals surface area (Å²) in [6.45, 7) is 0. The number of hydrogen-bond acceptors (Lipinski definition) is 5. The molecule has 0 bridgehead atoms. The SMILES string of the molecule is N#Cc1cccc2[nH]c(-c3csnn3)nc12. The maximum atomic E-state index is 8.95. The van der Waals surface area contributed by atoms with Crippen molar-refractivity contribution in [1.29, 1.82) is 5.26 Å². The summed E-state index contributed by atoms with van der Waals surface area (Å²) in [5.41, 5.74) is 2.77. The monoisotopic (exact) mass is 227 g/mol. The minimum Gasteiger partial charge on any atom is -0.337 e. The Hall–Kier alpha value is -2.26. The van der Waals surface area contributed by atoms with E-state index in [1.807, 2.05) is 17.5 Å². The second-order valence-corrected chi connectivity index (χ2v) is 3.80. The van der Waals surface area contributed by atoms with Crippen molar-refractivity contribution in [2.45, 2.75) is 0 Å². The molecule has 5 nitrogen and oxygen atoms in total. The van der Waals surface area contributed by atoms with Gasteiger partial charge in [-0.25, -0.2) is 4.98 Å². The molecule has 0 amide bonds. The first-order valence-corrected chi connectivity index (χ1v) is 5.38. The number of aromatic amines is 1. The first-order chi connectivity index (χ1) is 7.88. The number of fused-ring (bicyclic) bond motifs is 1. The summed E-state index contributed by atoms with van der Waals surface area (Å²) in [6.07, 6.45) is 0. The molecule has 0 fully saturated rings. The summed E-state index contributed by atoms with van der Waals surface area (Å²) in [6, 6.07) is 7.56. The summed E-state index contributed by atoms with van der Waals surface area (Å²) in [5.74, 6) is 0.645. The van der Waals surface area contributed by atoms with Gasteiger partial charge in [-0.15, -0.1) is 5.10 Å². The number of nitriles is 1. The zero-order chi connectivity index (χ0) is 11.0. The smallest absolute Gasteiger partial charge is 0.160 e. The van der Waals surface area contributed by atoms with Crippen molar-refractivity contribution in [1.82, 2.24) is 19.6 Å². The van der Waals surface area contributed by atoms with Crippen LogP contribution in [0.4, 0.5) is 0 Å². The molecule has 1 N–H and O–H groups in total. The lowest BCUT2D eigenvalue weighted by Gasteiger charge is -1.87. The lowest BCUT2D eigenvalue weighted by molar-refractivity contribution is 1.13. The van der Waals surface area contributed by atoms with Gasteiger partial charge in [-0.1, -0.05) is 10.6 Å². The number of nitrogens with zero attached hydrogens (tertiary/aromatic N) is 4. The van der Waals surface area contributed by atoms with Crippen molar-refractivity contribution in [3.8, 4) is 17.6 Å². The predicted octanol–water partition coefficient (Wildman–Crippen LogP) is 1.95.